The van der Waals surface area contributed by atoms with E-state index in [1.54, 1.807) is 6.92 Å². The zero-order valence-corrected chi connectivity index (χ0v) is 9.12. The third-order valence-corrected chi connectivity index (χ3v) is 2.20. The number of hydrogen-bond donors (Lipinski definition) is 1. The van der Waals surface area contributed by atoms with Crippen molar-refractivity contribution < 1.29 is 23.9 Å². The van der Waals surface area contributed by atoms with Crippen LogP contribution in [0.3, 0.4) is 0 Å². The van der Waals surface area contributed by atoms with Crippen molar-refractivity contribution in [3.8, 4) is 0 Å². The van der Waals surface area contributed by atoms with E-state index in [9.17, 15) is 14.4 Å². The SMILES string of the molecule is COC(=O)c1[nH]c(C(=O)OC)c(C=O)c1C. The fourth-order valence-electron chi connectivity index (χ4n) is 1.32. The van der Waals surface area contributed by atoms with Crippen LogP contribution in [0.5, 0.6) is 0 Å². The Hall–Kier alpha value is -2.11. The first-order chi connectivity index (χ1) is 7.56. The molecule has 0 radical (unpaired) electrons. The predicted molar refractivity (Wildman–Crippen MR) is 53.6 cm³/mol. The van der Waals surface area contributed by atoms with E-state index in [0.29, 0.717) is 11.8 Å². The van der Waals surface area contributed by atoms with Crippen LogP contribution in [-0.2, 0) is 9.47 Å². The lowest BCUT2D eigenvalue weighted by atomic mass is 10.1. The summed E-state index contributed by atoms with van der Waals surface area (Å²) in [7, 11) is 2.39. The molecule has 1 aromatic heterocycles. The number of aromatic amines is 1. The Morgan fingerprint density at radius 2 is 1.62 bits per heavy atom. The highest BCUT2D eigenvalue weighted by molar-refractivity contribution is 6.02. The minimum absolute atomic E-state index is 0.0459. The normalized spacial score (nSPS) is 9.69. The number of aldehydes is 1. The molecule has 1 heterocycles. The summed E-state index contributed by atoms with van der Waals surface area (Å²) >= 11 is 0. The zero-order valence-electron chi connectivity index (χ0n) is 9.12. The van der Waals surface area contributed by atoms with Gasteiger partial charge in [0.1, 0.15) is 11.4 Å². The summed E-state index contributed by atoms with van der Waals surface area (Å²) in [5, 5.41) is 0. The number of H-pyrrole nitrogens is 1. The maximum Gasteiger partial charge on any atom is 0.355 e. The van der Waals surface area contributed by atoms with Gasteiger partial charge < -0.3 is 14.5 Å². The van der Waals surface area contributed by atoms with E-state index >= 15 is 0 Å². The third kappa shape index (κ3) is 1.81. The van der Waals surface area contributed by atoms with Crippen molar-refractivity contribution in [1.82, 2.24) is 4.98 Å². The minimum atomic E-state index is -0.708. The number of methoxy groups -OCH3 is 2. The molecule has 0 aliphatic carbocycles. The minimum Gasteiger partial charge on any atom is -0.464 e. The third-order valence-electron chi connectivity index (χ3n) is 2.20. The maximum atomic E-state index is 11.3. The fraction of sp³-hybridized carbons (Fsp3) is 0.300. The first-order valence-corrected chi connectivity index (χ1v) is 4.41. The second kappa shape index (κ2) is 4.61. The summed E-state index contributed by atoms with van der Waals surface area (Å²) in [5.74, 6) is -1.35. The van der Waals surface area contributed by atoms with E-state index < -0.39 is 11.9 Å². The number of nitrogens with one attached hydrogen (secondary N) is 1. The van der Waals surface area contributed by atoms with Gasteiger partial charge in [0.05, 0.1) is 19.8 Å². The van der Waals surface area contributed by atoms with Crippen LogP contribution in [0.15, 0.2) is 0 Å². The largest absolute Gasteiger partial charge is 0.464 e. The van der Waals surface area contributed by atoms with Crippen molar-refractivity contribution >= 4 is 18.2 Å². The molecule has 0 aliphatic rings. The molecule has 0 saturated carbocycles. The molecule has 6 heteroatoms. The molecule has 16 heavy (non-hydrogen) atoms. The highest BCUT2D eigenvalue weighted by atomic mass is 16.5. The summed E-state index contributed by atoms with van der Waals surface area (Å²) in [5.41, 5.74) is 0.495. The monoisotopic (exact) mass is 225 g/mol. The molecule has 1 rings (SSSR count). The summed E-state index contributed by atoms with van der Waals surface area (Å²) < 4.78 is 8.98. The lowest BCUT2D eigenvalue weighted by molar-refractivity contribution is 0.0588. The number of carbonyl (C=O) groups excluding carboxylic acids is 3. The van der Waals surface area contributed by atoms with E-state index in [1.165, 1.54) is 14.2 Å². The van der Waals surface area contributed by atoms with Gasteiger partial charge in [0.2, 0.25) is 0 Å². The highest BCUT2D eigenvalue weighted by Crippen LogP contribution is 2.18. The number of carbonyl (C=O) groups is 3. The van der Waals surface area contributed by atoms with Gasteiger partial charge in [-0.3, -0.25) is 4.79 Å². The molecule has 0 aliphatic heterocycles. The smallest absolute Gasteiger partial charge is 0.355 e. The van der Waals surface area contributed by atoms with Crippen molar-refractivity contribution in [2.75, 3.05) is 14.2 Å². The Morgan fingerprint density at radius 3 is 2.06 bits per heavy atom. The van der Waals surface area contributed by atoms with Crippen LogP contribution in [0.25, 0.3) is 0 Å². The number of hydrogen-bond acceptors (Lipinski definition) is 5. The molecule has 1 N–H and O–H groups in total. The van der Waals surface area contributed by atoms with Crippen LogP contribution in [0, 0.1) is 6.92 Å². The number of rotatable bonds is 3. The van der Waals surface area contributed by atoms with E-state index in [2.05, 4.69) is 14.5 Å². The summed E-state index contributed by atoms with van der Waals surface area (Å²) in [6.07, 6.45) is 0.491. The van der Waals surface area contributed by atoms with Gasteiger partial charge in [-0.05, 0) is 12.5 Å². The molecular formula is C10H11NO5. The lowest BCUT2D eigenvalue weighted by Crippen LogP contribution is -2.06. The van der Waals surface area contributed by atoms with E-state index in [0.717, 1.165) is 0 Å². The molecule has 0 spiro atoms. The molecule has 0 aromatic carbocycles. The van der Waals surface area contributed by atoms with Gasteiger partial charge in [-0.25, -0.2) is 9.59 Å². The van der Waals surface area contributed by atoms with Crippen molar-refractivity contribution in [3.63, 3.8) is 0 Å². The Morgan fingerprint density at radius 1 is 1.12 bits per heavy atom. The van der Waals surface area contributed by atoms with Crippen LogP contribution < -0.4 is 0 Å². The molecule has 0 saturated heterocycles. The van der Waals surface area contributed by atoms with E-state index in [-0.39, 0.29) is 17.0 Å². The topological polar surface area (TPSA) is 85.5 Å². The Kier molecular flexibility index (Phi) is 3.44. The highest BCUT2D eigenvalue weighted by Gasteiger charge is 2.23. The van der Waals surface area contributed by atoms with Gasteiger partial charge >= 0.3 is 11.9 Å². The van der Waals surface area contributed by atoms with E-state index in [1.807, 2.05) is 0 Å². The Balaban J connectivity index is 3.36. The summed E-state index contributed by atoms with van der Waals surface area (Å²) in [4.78, 5) is 35.9. The quantitative estimate of drug-likeness (QED) is 0.604. The Labute approximate surface area is 91.5 Å². The van der Waals surface area contributed by atoms with Gasteiger partial charge in [-0.15, -0.1) is 0 Å². The van der Waals surface area contributed by atoms with Gasteiger partial charge in [-0.2, -0.15) is 0 Å². The van der Waals surface area contributed by atoms with Crippen LogP contribution >= 0.6 is 0 Å². The second-order valence-corrected chi connectivity index (χ2v) is 3.01. The zero-order chi connectivity index (χ0) is 12.3. The maximum absolute atomic E-state index is 11.3. The average Bonchev–Trinajstić information content (AvgIpc) is 2.64. The van der Waals surface area contributed by atoms with Crippen molar-refractivity contribution in [3.05, 3.63) is 22.5 Å². The number of aromatic nitrogens is 1. The molecule has 6 nitrogen and oxygen atoms in total. The van der Waals surface area contributed by atoms with Crippen LogP contribution in [0.4, 0.5) is 0 Å². The number of ether oxygens (including phenoxy) is 2. The number of esters is 2. The molecule has 0 bridgehead atoms. The molecule has 1 aromatic rings. The van der Waals surface area contributed by atoms with Crippen molar-refractivity contribution in [2.24, 2.45) is 0 Å². The standard InChI is InChI=1S/C10H11NO5/c1-5-6(4-12)8(10(14)16-3)11-7(5)9(13)15-2/h4,11H,1-3H3. The first-order valence-electron chi connectivity index (χ1n) is 4.41. The lowest BCUT2D eigenvalue weighted by Gasteiger charge is -1.96. The molecule has 0 atom stereocenters. The first kappa shape index (κ1) is 12.0. The summed E-state index contributed by atoms with van der Waals surface area (Å²) in [6, 6.07) is 0. The molecule has 86 valence electrons. The molecule has 0 fully saturated rings. The second-order valence-electron chi connectivity index (χ2n) is 3.01. The molecular weight excluding hydrogens is 214 g/mol. The van der Waals surface area contributed by atoms with Gasteiger partial charge in [-0.1, -0.05) is 0 Å². The van der Waals surface area contributed by atoms with Gasteiger partial charge in [0.15, 0.2) is 6.29 Å². The molecule has 0 unspecified atom stereocenters. The molecule has 0 amide bonds. The van der Waals surface area contributed by atoms with Gasteiger partial charge in [0, 0.05) is 0 Å². The average molecular weight is 225 g/mol. The van der Waals surface area contributed by atoms with E-state index in [4.69, 9.17) is 0 Å². The Bertz CT molecular complexity index is 446. The van der Waals surface area contributed by atoms with Crippen molar-refractivity contribution in [2.45, 2.75) is 6.92 Å². The van der Waals surface area contributed by atoms with Gasteiger partial charge in [0.25, 0.3) is 0 Å². The van der Waals surface area contributed by atoms with Crippen LogP contribution in [0.2, 0.25) is 0 Å². The predicted octanol–water partition coefficient (Wildman–Crippen LogP) is 0.709. The van der Waals surface area contributed by atoms with Crippen LogP contribution in [-0.4, -0.2) is 37.4 Å². The fourth-order valence-corrected chi connectivity index (χ4v) is 1.32. The summed E-state index contributed by atoms with van der Waals surface area (Å²) in [6.45, 7) is 1.54. The van der Waals surface area contributed by atoms with Crippen molar-refractivity contribution in [1.29, 1.82) is 0 Å². The van der Waals surface area contributed by atoms with Crippen LogP contribution in [0.1, 0.15) is 36.9 Å².